The number of ether oxygens (including phenoxy) is 1. The van der Waals surface area contributed by atoms with Gasteiger partial charge in [0.1, 0.15) is 5.75 Å². The number of Topliss-reactive ketones (excluding diaryl/α,β-unsaturated/α-hetero) is 1. The van der Waals surface area contributed by atoms with Gasteiger partial charge >= 0.3 is 0 Å². The standard InChI is InChI=1S/C17H15NO3/c19-16(13-4-2-1-3-5-13)11-21-14-8-6-12-7-9-17(20)18-15(12)10-14/h1-6,8,10H,7,9,11H2,(H,18,20). The lowest BCUT2D eigenvalue weighted by Gasteiger charge is -2.17. The van der Waals surface area contributed by atoms with Crippen LogP contribution in [0.2, 0.25) is 0 Å². The molecule has 2 aromatic carbocycles. The van der Waals surface area contributed by atoms with Crippen LogP contribution in [-0.4, -0.2) is 18.3 Å². The van der Waals surface area contributed by atoms with Gasteiger partial charge in [0.15, 0.2) is 12.4 Å². The van der Waals surface area contributed by atoms with Gasteiger partial charge in [0.05, 0.1) is 0 Å². The van der Waals surface area contributed by atoms with E-state index in [-0.39, 0.29) is 18.3 Å². The Kier molecular flexibility index (Phi) is 3.69. The maximum atomic E-state index is 12.0. The number of carbonyl (C=O) groups excluding carboxylic acids is 2. The number of amides is 1. The van der Waals surface area contributed by atoms with Gasteiger partial charge in [-0.3, -0.25) is 9.59 Å². The molecule has 0 fully saturated rings. The van der Waals surface area contributed by atoms with E-state index in [2.05, 4.69) is 5.32 Å². The second-order valence-corrected chi connectivity index (χ2v) is 4.95. The molecule has 4 heteroatoms. The Morgan fingerprint density at radius 2 is 1.90 bits per heavy atom. The molecule has 0 saturated heterocycles. The molecule has 106 valence electrons. The van der Waals surface area contributed by atoms with Crippen LogP contribution in [0.25, 0.3) is 0 Å². The van der Waals surface area contributed by atoms with Crippen molar-refractivity contribution >= 4 is 17.4 Å². The first-order valence-electron chi connectivity index (χ1n) is 6.86. The van der Waals surface area contributed by atoms with Crippen molar-refractivity contribution in [1.29, 1.82) is 0 Å². The van der Waals surface area contributed by atoms with E-state index in [9.17, 15) is 9.59 Å². The first kappa shape index (κ1) is 13.4. The topological polar surface area (TPSA) is 55.4 Å². The van der Waals surface area contributed by atoms with Gasteiger partial charge in [-0.05, 0) is 18.1 Å². The first-order valence-corrected chi connectivity index (χ1v) is 6.86. The molecule has 0 bridgehead atoms. The molecule has 4 nitrogen and oxygen atoms in total. The van der Waals surface area contributed by atoms with Gasteiger partial charge in [-0.1, -0.05) is 36.4 Å². The Morgan fingerprint density at radius 3 is 2.71 bits per heavy atom. The smallest absolute Gasteiger partial charge is 0.224 e. The molecule has 0 atom stereocenters. The largest absolute Gasteiger partial charge is 0.485 e. The number of hydrogen-bond acceptors (Lipinski definition) is 3. The molecule has 1 N–H and O–H groups in total. The number of carbonyl (C=O) groups is 2. The molecular formula is C17H15NO3. The number of rotatable bonds is 4. The number of hydrogen-bond donors (Lipinski definition) is 1. The van der Waals surface area contributed by atoms with Gasteiger partial charge in [-0.2, -0.15) is 0 Å². The minimum absolute atomic E-state index is 0.0139. The monoisotopic (exact) mass is 281 g/mol. The summed E-state index contributed by atoms with van der Waals surface area (Å²) in [5, 5.41) is 2.82. The third kappa shape index (κ3) is 3.11. The summed E-state index contributed by atoms with van der Waals surface area (Å²) in [4.78, 5) is 23.3. The van der Waals surface area contributed by atoms with Crippen molar-refractivity contribution in [3.8, 4) is 5.75 Å². The van der Waals surface area contributed by atoms with Gasteiger partial charge in [-0.15, -0.1) is 0 Å². The average molecular weight is 281 g/mol. The number of benzene rings is 2. The number of aryl methyl sites for hydroxylation is 1. The van der Waals surface area contributed by atoms with E-state index >= 15 is 0 Å². The number of nitrogens with one attached hydrogen (secondary N) is 1. The molecule has 1 heterocycles. The molecule has 21 heavy (non-hydrogen) atoms. The van der Waals surface area contributed by atoms with Crippen molar-refractivity contribution in [3.05, 3.63) is 59.7 Å². The average Bonchev–Trinajstić information content (AvgIpc) is 2.53. The molecule has 2 aromatic rings. The second kappa shape index (κ2) is 5.79. The Morgan fingerprint density at radius 1 is 1.10 bits per heavy atom. The lowest BCUT2D eigenvalue weighted by Crippen LogP contribution is -2.19. The zero-order chi connectivity index (χ0) is 14.7. The third-order valence-electron chi connectivity index (χ3n) is 3.44. The van der Waals surface area contributed by atoms with Crippen molar-refractivity contribution in [2.75, 3.05) is 11.9 Å². The van der Waals surface area contributed by atoms with Crippen LogP contribution >= 0.6 is 0 Å². The van der Waals surface area contributed by atoms with E-state index in [0.717, 1.165) is 17.7 Å². The molecular weight excluding hydrogens is 266 g/mol. The predicted molar refractivity (Wildman–Crippen MR) is 79.7 cm³/mol. The Balaban J connectivity index is 1.67. The molecule has 0 spiro atoms. The number of anilines is 1. The minimum atomic E-state index is -0.0719. The minimum Gasteiger partial charge on any atom is -0.485 e. The van der Waals surface area contributed by atoms with Gasteiger partial charge in [0, 0.05) is 23.7 Å². The van der Waals surface area contributed by atoms with Crippen LogP contribution in [-0.2, 0) is 11.2 Å². The maximum Gasteiger partial charge on any atom is 0.224 e. The molecule has 1 amide bonds. The van der Waals surface area contributed by atoms with E-state index in [0.29, 0.717) is 17.7 Å². The highest BCUT2D eigenvalue weighted by Crippen LogP contribution is 2.27. The Bertz CT molecular complexity index is 680. The molecule has 0 saturated carbocycles. The zero-order valence-electron chi connectivity index (χ0n) is 11.5. The van der Waals surface area contributed by atoms with Crippen molar-refractivity contribution in [2.45, 2.75) is 12.8 Å². The molecule has 0 unspecified atom stereocenters. The summed E-state index contributed by atoms with van der Waals surface area (Å²) < 4.78 is 5.52. The van der Waals surface area contributed by atoms with E-state index in [4.69, 9.17) is 4.74 Å². The lowest BCUT2D eigenvalue weighted by atomic mass is 10.0. The van der Waals surface area contributed by atoms with Gasteiger partial charge < -0.3 is 10.1 Å². The molecule has 1 aliphatic heterocycles. The van der Waals surface area contributed by atoms with Crippen LogP contribution in [0.3, 0.4) is 0 Å². The quantitative estimate of drug-likeness (QED) is 0.877. The highest BCUT2D eigenvalue weighted by atomic mass is 16.5. The molecule has 0 aromatic heterocycles. The van der Waals surface area contributed by atoms with Crippen molar-refractivity contribution < 1.29 is 14.3 Å². The summed E-state index contributed by atoms with van der Waals surface area (Å²) in [6, 6.07) is 14.6. The normalized spacial score (nSPS) is 13.2. The Labute approximate surface area is 122 Å². The summed E-state index contributed by atoms with van der Waals surface area (Å²) in [5.41, 5.74) is 2.50. The van der Waals surface area contributed by atoms with Crippen molar-refractivity contribution in [1.82, 2.24) is 0 Å². The summed E-state index contributed by atoms with van der Waals surface area (Å²) >= 11 is 0. The van der Waals surface area contributed by atoms with E-state index in [1.165, 1.54) is 0 Å². The third-order valence-corrected chi connectivity index (χ3v) is 3.44. The van der Waals surface area contributed by atoms with E-state index < -0.39 is 0 Å². The second-order valence-electron chi connectivity index (χ2n) is 4.95. The van der Waals surface area contributed by atoms with Crippen LogP contribution in [0.1, 0.15) is 22.3 Å². The van der Waals surface area contributed by atoms with Crippen LogP contribution < -0.4 is 10.1 Å². The lowest BCUT2D eigenvalue weighted by molar-refractivity contribution is -0.116. The number of fused-ring (bicyclic) bond motifs is 1. The fraction of sp³-hybridized carbons (Fsp3) is 0.176. The van der Waals surface area contributed by atoms with Gasteiger partial charge in [0.2, 0.25) is 5.91 Å². The SMILES string of the molecule is O=C1CCc2ccc(OCC(=O)c3ccccc3)cc2N1. The highest BCUT2D eigenvalue weighted by molar-refractivity contribution is 5.97. The summed E-state index contributed by atoms with van der Waals surface area (Å²) in [6.45, 7) is -0.0171. The predicted octanol–water partition coefficient (Wildman–Crippen LogP) is 2.83. The maximum absolute atomic E-state index is 12.0. The molecule has 1 aliphatic rings. The summed E-state index contributed by atoms with van der Waals surface area (Å²) in [5.74, 6) is 0.526. The molecule has 3 rings (SSSR count). The highest BCUT2D eigenvalue weighted by Gasteiger charge is 2.15. The van der Waals surface area contributed by atoms with E-state index in [1.54, 1.807) is 18.2 Å². The first-order chi connectivity index (χ1) is 10.2. The summed E-state index contributed by atoms with van der Waals surface area (Å²) in [6.07, 6.45) is 1.25. The van der Waals surface area contributed by atoms with Gasteiger partial charge in [0.25, 0.3) is 0 Å². The van der Waals surface area contributed by atoms with E-state index in [1.807, 2.05) is 30.3 Å². The molecule has 0 radical (unpaired) electrons. The van der Waals surface area contributed by atoms with Crippen LogP contribution in [0.15, 0.2) is 48.5 Å². The fourth-order valence-corrected chi connectivity index (χ4v) is 2.30. The number of ketones is 1. The van der Waals surface area contributed by atoms with Crippen molar-refractivity contribution in [2.24, 2.45) is 0 Å². The Hall–Kier alpha value is -2.62. The molecule has 0 aliphatic carbocycles. The van der Waals surface area contributed by atoms with Gasteiger partial charge in [-0.25, -0.2) is 0 Å². The van der Waals surface area contributed by atoms with Crippen molar-refractivity contribution in [3.63, 3.8) is 0 Å². The fourth-order valence-electron chi connectivity index (χ4n) is 2.30. The van der Waals surface area contributed by atoms with Crippen LogP contribution in [0.5, 0.6) is 5.75 Å². The zero-order valence-corrected chi connectivity index (χ0v) is 11.5. The van der Waals surface area contributed by atoms with Crippen LogP contribution in [0, 0.1) is 0 Å². The van der Waals surface area contributed by atoms with Crippen LogP contribution in [0.4, 0.5) is 5.69 Å². The summed E-state index contributed by atoms with van der Waals surface area (Å²) in [7, 11) is 0.